The van der Waals surface area contributed by atoms with Crippen molar-refractivity contribution in [3.8, 4) is 5.69 Å². The Labute approximate surface area is 102 Å². The summed E-state index contributed by atoms with van der Waals surface area (Å²) in [5.41, 5.74) is 2.09. The summed E-state index contributed by atoms with van der Waals surface area (Å²) in [6.07, 6.45) is 2.04. The molecule has 0 aliphatic carbocycles. The molecule has 0 fully saturated rings. The Bertz CT molecular complexity index is 593. The van der Waals surface area contributed by atoms with E-state index in [1.54, 1.807) is 0 Å². The maximum atomic E-state index is 4.51. The van der Waals surface area contributed by atoms with Gasteiger partial charge in [0.15, 0.2) is 0 Å². The number of rotatable bonds is 1. The van der Waals surface area contributed by atoms with Gasteiger partial charge in [-0.3, -0.25) is 0 Å². The molecule has 1 heterocycles. The van der Waals surface area contributed by atoms with Gasteiger partial charge in [0.1, 0.15) is 0 Å². The predicted molar refractivity (Wildman–Crippen MR) is 68.8 cm³/mol. The number of hydrogen-bond donors (Lipinski definition) is 0. The van der Waals surface area contributed by atoms with Gasteiger partial charge in [0.25, 0.3) is 0 Å². The maximum Gasteiger partial charge on any atom is 0.0927 e. The summed E-state index contributed by atoms with van der Waals surface area (Å²) >= 11 is 3.42. The number of halogens is 1. The average molecular weight is 273 g/mol. The minimum absolute atomic E-state index is 1.02. The lowest BCUT2D eigenvalue weighted by molar-refractivity contribution is 0.896. The summed E-state index contributed by atoms with van der Waals surface area (Å²) < 4.78 is 2.98. The van der Waals surface area contributed by atoms with E-state index in [0.29, 0.717) is 0 Å². The molecule has 2 nitrogen and oxygen atoms in total. The van der Waals surface area contributed by atoms with Crippen LogP contribution >= 0.6 is 15.9 Å². The van der Waals surface area contributed by atoms with Crippen LogP contribution in [0, 0.1) is 0 Å². The number of aromatic nitrogens is 2. The molecule has 78 valence electrons. The number of benzene rings is 2. The second-order valence-corrected chi connectivity index (χ2v) is 4.52. The molecule has 3 heteroatoms. The van der Waals surface area contributed by atoms with Crippen molar-refractivity contribution >= 4 is 26.8 Å². The Morgan fingerprint density at radius 2 is 1.69 bits per heavy atom. The van der Waals surface area contributed by atoms with Gasteiger partial charge >= 0.3 is 0 Å². The SMILES string of the molecule is Brc1ccc(-n2cc3ccccc3n2)cc1. The zero-order chi connectivity index (χ0) is 11.0. The molecule has 0 bridgehead atoms. The molecule has 0 aliphatic rings. The van der Waals surface area contributed by atoms with Gasteiger partial charge in [-0.15, -0.1) is 0 Å². The molecule has 0 amide bonds. The topological polar surface area (TPSA) is 17.8 Å². The minimum atomic E-state index is 1.02. The third-order valence-electron chi connectivity index (χ3n) is 2.50. The molecule has 0 radical (unpaired) electrons. The first-order valence-corrected chi connectivity index (χ1v) is 5.82. The molecule has 3 rings (SSSR count). The van der Waals surface area contributed by atoms with Crippen molar-refractivity contribution in [2.75, 3.05) is 0 Å². The van der Waals surface area contributed by atoms with E-state index in [4.69, 9.17) is 0 Å². The second-order valence-electron chi connectivity index (χ2n) is 3.61. The first kappa shape index (κ1) is 9.60. The van der Waals surface area contributed by atoms with Crippen molar-refractivity contribution in [3.63, 3.8) is 0 Å². The van der Waals surface area contributed by atoms with E-state index in [1.165, 1.54) is 0 Å². The van der Waals surface area contributed by atoms with E-state index in [9.17, 15) is 0 Å². The van der Waals surface area contributed by atoms with Gasteiger partial charge < -0.3 is 0 Å². The highest BCUT2D eigenvalue weighted by Gasteiger charge is 2.01. The monoisotopic (exact) mass is 272 g/mol. The maximum absolute atomic E-state index is 4.51. The second kappa shape index (κ2) is 3.76. The number of fused-ring (bicyclic) bond motifs is 1. The Hall–Kier alpha value is -1.61. The standard InChI is InChI=1S/C13H9BrN2/c14-11-5-7-12(8-6-11)16-9-10-3-1-2-4-13(10)15-16/h1-9H. The van der Waals surface area contributed by atoms with Crippen molar-refractivity contribution in [1.82, 2.24) is 9.78 Å². The summed E-state index contributed by atoms with van der Waals surface area (Å²) in [4.78, 5) is 0. The fraction of sp³-hybridized carbons (Fsp3) is 0. The third kappa shape index (κ3) is 1.63. The smallest absolute Gasteiger partial charge is 0.0927 e. The van der Waals surface area contributed by atoms with Crippen molar-refractivity contribution in [2.24, 2.45) is 0 Å². The summed E-state index contributed by atoms with van der Waals surface area (Å²) in [6.45, 7) is 0. The minimum Gasteiger partial charge on any atom is -0.240 e. The number of hydrogen-bond acceptors (Lipinski definition) is 1. The van der Waals surface area contributed by atoms with Crippen molar-refractivity contribution in [2.45, 2.75) is 0 Å². The quantitative estimate of drug-likeness (QED) is 0.659. The zero-order valence-electron chi connectivity index (χ0n) is 8.47. The fourth-order valence-electron chi connectivity index (χ4n) is 1.69. The Morgan fingerprint density at radius 3 is 2.44 bits per heavy atom. The largest absolute Gasteiger partial charge is 0.240 e. The van der Waals surface area contributed by atoms with Crippen LogP contribution in [0.4, 0.5) is 0 Å². The van der Waals surface area contributed by atoms with E-state index < -0.39 is 0 Å². The molecule has 3 aromatic rings. The van der Waals surface area contributed by atoms with Gasteiger partial charge in [0, 0.05) is 16.1 Å². The third-order valence-corrected chi connectivity index (χ3v) is 3.03. The lowest BCUT2D eigenvalue weighted by Crippen LogP contribution is -1.92. The molecular weight excluding hydrogens is 264 g/mol. The highest BCUT2D eigenvalue weighted by molar-refractivity contribution is 9.10. The molecule has 16 heavy (non-hydrogen) atoms. The van der Waals surface area contributed by atoms with E-state index in [-0.39, 0.29) is 0 Å². The Balaban J connectivity index is 2.15. The molecule has 0 saturated heterocycles. The first-order chi connectivity index (χ1) is 7.83. The molecular formula is C13H9BrN2. The van der Waals surface area contributed by atoms with Gasteiger partial charge in [0.2, 0.25) is 0 Å². The molecule has 0 saturated carbocycles. The van der Waals surface area contributed by atoms with Crippen LogP contribution in [0.5, 0.6) is 0 Å². The average Bonchev–Trinajstić information content (AvgIpc) is 2.73. The summed E-state index contributed by atoms with van der Waals surface area (Å²) in [6, 6.07) is 16.2. The van der Waals surface area contributed by atoms with Crippen molar-refractivity contribution in [1.29, 1.82) is 0 Å². The lowest BCUT2D eigenvalue weighted by Gasteiger charge is -1.99. The van der Waals surface area contributed by atoms with Crippen molar-refractivity contribution in [3.05, 3.63) is 59.2 Å². The first-order valence-electron chi connectivity index (χ1n) is 5.03. The molecule has 0 aliphatic heterocycles. The lowest BCUT2D eigenvalue weighted by atomic mass is 10.3. The molecule has 2 aromatic carbocycles. The Morgan fingerprint density at radius 1 is 0.938 bits per heavy atom. The normalized spacial score (nSPS) is 10.8. The van der Waals surface area contributed by atoms with Gasteiger partial charge in [0.05, 0.1) is 11.2 Å². The summed E-state index contributed by atoms with van der Waals surface area (Å²) in [5.74, 6) is 0. The van der Waals surface area contributed by atoms with Gasteiger partial charge in [-0.25, -0.2) is 4.68 Å². The molecule has 0 spiro atoms. The molecule has 0 unspecified atom stereocenters. The van der Waals surface area contributed by atoms with Crippen LogP contribution in [-0.4, -0.2) is 9.78 Å². The van der Waals surface area contributed by atoms with E-state index >= 15 is 0 Å². The van der Waals surface area contributed by atoms with Crippen LogP contribution in [0.1, 0.15) is 0 Å². The van der Waals surface area contributed by atoms with Crippen LogP contribution in [-0.2, 0) is 0 Å². The van der Waals surface area contributed by atoms with Gasteiger partial charge in [-0.2, -0.15) is 5.10 Å². The van der Waals surface area contributed by atoms with Crippen LogP contribution in [0.15, 0.2) is 59.2 Å². The van der Waals surface area contributed by atoms with Crippen LogP contribution in [0.2, 0.25) is 0 Å². The summed E-state index contributed by atoms with van der Waals surface area (Å²) in [7, 11) is 0. The van der Waals surface area contributed by atoms with Crippen LogP contribution in [0.25, 0.3) is 16.6 Å². The van der Waals surface area contributed by atoms with Gasteiger partial charge in [-0.1, -0.05) is 34.1 Å². The van der Waals surface area contributed by atoms with Crippen LogP contribution in [0.3, 0.4) is 0 Å². The highest BCUT2D eigenvalue weighted by Crippen LogP contribution is 2.17. The highest BCUT2D eigenvalue weighted by atomic mass is 79.9. The van der Waals surface area contributed by atoms with E-state index in [0.717, 1.165) is 21.1 Å². The van der Waals surface area contributed by atoms with E-state index in [1.807, 2.05) is 53.3 Å². The van der Waals surface area contributed by atoms with Gasteiger partial charge in [-0.05, 0) is 30.3 Å². The molecule has 0 atom stereocenters. The molecule has 1 aromatic heterocycles. The predicted octanol–water partition coefficient (Wildman–Crippen LogP) is 3.79. The number of nitrogens with zero attached hydrogens (tertiary/aromatic N) is 2. The molecule has 0 N–H and O–H groups in total. The zero-order valence-corrected chi connectivity index (χ0v) is 10.1. The van der Waals surface area contributed by atoms with Crippen molar-refractivity contribution < 1.29 is 0 Å². The summed E-state index contributed by atoms with van der Waals surface area (Å²) in [5, 5.41) is 5.67. The van der Waals surface area contributed by atoms with Crippen LogP contribution < -0.4 is 0 Å². The van der Waals surface area contributed by atoms with E-state index in [2.05, 4.69) is 27.1 Å². The Kier molecular flexibility index (Phi) is 2.26. The fourth-order valence-corrected chi connectivity index (χ4v) is 1.95.